The number of hydrogen-bond acceptors (Lipinski definition) is 5. The number of fused-ring (bicyclic) bond motifs is 1. The molecule has 0 aliphatic carbocycles. The van der Waals surface area contributed by atoms with Crippen molar-refractivity contribution in [3.8, 4) is 0 Å². The van der Waals surface area contributed by atoms with Gasteiger partial charge in [-0.3, -0.25) is 4.79 Å². The van der Waals surface area contributed by atoms with Crippen molar-refractivity contribution in [1.29, 1.82) is 0 Å². The number of hydrogen-bond donors (Lipinski definition) is 1. The highest BCUT2D eigenvalue weighted by atomic mass is 32.1. The lowest BCUT2D eigenvalue weighted by Crippen LogP contribution is -2.39. The van der Waals surface area contributed by atoms with Crippen LogP contribution in [-0.2, 0) is 0 Å². The van der Waals surface area contributed by atoms with Crippen LogP contribution in [0.3, 0.4) is 0 Å². The number of amides is 1. The maximum absolute atomic E-state index is 13.6. The first kappa shape index (κ1) is 20.2. The summed E-state index contributed by atoms with van der Waals surface area (Å²) in [6.45, 7) is 6.09. The van der Waals surface area contributed by atoms with E-state index in [0.717, 1.165) is 16.1 Å². The number of rotatable bonds is 3. The molecule has 1 fully saturated rings. The van der Waals surface area contributed by atoms with Crippen molar-refractivity contribution in [2.75, 3.05) is 11.9 Å². The fraction of sp³-hybridized carbons (Fsp3) is 0.632. The van der Waals surface area contributed by atoms with Crippen molar-refractivity contribution in [2.24, 2.45) is 0 Å². The predicted molar refractivity (Wildman–Crippen MR) is 104 cm³/mol. The minimum absolute atomic E-state index is 0.0409. The van der Waals surface area contributed by atoms with Crippen molar-refractivity contribution >= 4 is 23.1 Å². The van der Waals surface area contributed by atoms with Crippen LogP contribution in [-0.4, -0.2) is 44.3 Å². The standard InChI is InChI=1S/C19H24F3N5OS/c1-4-12-8-15(19(20,21)22)27-16(24-12)9-13(25-27)14-6-5-7-26(14)18(28)17-10(2)23-11(3)29-17/h9,12,14-15,24H,4-8H2,1-3H3/t12-,14-,15-/m1/s1. The summed E-state index contributed by atoms with van der Waals surface area (Å²) in [7, 11) is 0. The molecule has 2 aromatic heterocycles. The van der Waals surface area contributed by atoms with E-state index in [0.29, 0.717) is 41.5 Å². The second kappa shape index (κ2) is 7.30. The van der Waals surface area contributed by atoms with Gasteiger partial charge in [0.15, 0.2) is 6.04 Å². The Bertz CT molecular complexity index is 922. The zero-order valence-electron chi connectivity index (χ0n) is 16.6. The van der Waals surface area contributed by atoms with Gasteiger partial charge in [0.1, 0.15) is 10.7 Å². The van der Waals surface area contributed by atoms with E-state index in [4.69, 9.17) is 0 Å². The minimum atomic E-state index is -4.37. The summed E-state index contributed by atoms with van der Waals surface area (Å²) in [6.07, 6.45) is -2.32. The molecule has 0 bridgehead atoms. The van der Waals surface area contributed by atoms with Crippen LogP contribution in [0.15, 0.2) is 6.07 Å². The quantitative estimate of drug-likeness (QED) is 0.776. The van der Waals surface area contributed by atoms with Crippen molar-refractivity contribution in [1.82, 2.24) is 19.7 Å². The largest absolute Gasteiger partial charge is 0.410 e. The van der Waals surface area contributed by atoms with E-state index in [1.165, 1.54) is 11.3 Å². The van der Waals surface area contributed by atoms with Crippen LogP contribution in [0.5, 0.6) is 0 Å². The minimum Gasteiger partial charge on any atom is -0.367 e. The number of halogens is 3. The van der Waals surface area contributed by atoms with Crippen LogP contribution >= 0.6 is 11.3 Å². The first-order valence-electron chi connectivity index (χ1n) is 9.86. The summed E-state index contributed by atoms with van der Waals surface area (Å²) in [5, 5.41) is 8.32. The fourth-order valence-electron chi connectivity index (χ4n) is 4.28. The third-order valence-electron chi connectivity index (χ3n) is 5.73. The lowest BCUT2D eigenvalue weighted by molar-refractivity contribution is -0.173. The molecule has 4 rings (SSSR count). The number of carbonyl (C=O) groups excluding carboxylic acids is 1. The Hall–Kier alpha value is -2.10. The molecule has 0 aromatic carbocycles. The van der Waals surface area contributed by atoms with E-state index in [-0.39, 0.29) is 24.4 Å². The zero-order chi connectivity index (χ0) is 20.9. The highest BCUT2D eigenvalue weighted by molar-refractivity contribution is 7.13. The molecule has 1 N–H and O–H groups in total. The Labute approximate surface area is 171 Å². The number of nitrogens with one attached hydrogen (secondary N) is 1. The molecule has 2 aliphatic rings. The van der Waals surface area contributed by atoms with Gasteiger partial charge in [-0.25, -0.2) is 9.67 Å². The number of aryl methyl sites for hydroxylation is 2. The SMILES string of the molecule is CC[C@@H]1C[C@H](C(F)(F)F)n2nc([C@H]3CCCN3C(=O)c3sc(C)nc3C)cc2N1. The van der Waals surface area contributed by atoms with Gasteiger partial charge in [-0.05, 0) is 39.5 Å². The Kier molecular flexibility index (Phi) is 5.08. The second-order valence-electron chi connectivity index (χ2n) is 7.75. The molecule has 0 spiro atoms. The van der Waals surface area contributed by atoms with Crippen molar-refractivity contribution in [3.05, 3.63) is 27.3 Å². The van der Waals surface area contributed by atoms with Gasteiger partial charge in [0.05, 0.1) is 22.4 Å². The average molecular weight is 427 g/mol. The van der Waals surface area contributed by atoms with Crippen LogP contribution in [0, 0.1) is 13.8 Å². The average Bonchev–Trinajstić information content (AvgIpc) is 3.36. The highest BCUT2D eigenvalue weighted by Crippen LogP contribution is 2.42. The van der Waals surface area contributed by atoms with Gasteiger partial charge in [0.2, 0.25) is 0 Å². The first-order valence-corrected chi connectivity index (χ1v) is 10.7. The van der Waals surface area contributed by atoms with Gasteiger partial charge >= 0.3 is 6.18 Å². The fourth-order valence-corrected chi connectivity index (χ4v) is 5.15. The van der Waals surface area contributed by atoms with Crippen molar-refractivity contribution in [2.45, 2.75) is 70.8 Å². The van der Waals surface area contributed by atoms with E-state index < -0.39 is 12.2 Å². The second-order valence-corrected chi connectivity index (χ2v) is 8.95. The summed E-state index contributed by atoms with van der Waals surface area (Å²) in [5.41, 5.74) is 1.21. The van der Waals surface area contributed by atoms with Crippen LogP contribution in [0.1, 0.15) is 70.8 Å². The number of likely N-dealkylation sites (tertiary alicyclic amines) is 1. The van der Waals surface area contributed by atoms with E-state index in [9.17, 15) is 18.0 Å². The lowest BCUT2D eigenvalue weighted by atomic mass is 10.0. The molecule has 1 saturated heterocycles. The van der Waals surface area contributed by atoms with Crippen LogP contribution in [0.2, 0.25) is 0 Å². The first-order chi connectivity index (χ1) is 13.7. The number of aromatic nitrogens is 3. The molecule has 10 heteroatoms. The number of alkyl halides is 3. The Balaban J connectivity index is 1.66. The van der Waals surface area contributed by atoms with Gasteiger partial charge in [-0.1, -0.05) is 6.92 Å². The van der Waals surface area contributed by atoms with Gasteiger partial charge in [0, 0.05) is 18.7 Å². The maximum Gasteiger partial charge on any atom is 0.410 e. The molecular weight excluding hydrogens is 403 g/mol. The van der Waals surface area contributed by atoms with E-state index in [2.05, 4.69) is 15.4 Å². The summed E-state index contributed by atoms with van der Waals surface area (Å²) >= 11 is 1.35. The van der Waals surface area contributed by atoms with Crippen LogP contribution in [0.25, 0.3) is 0 Å². The molecule has 4 heterocycles. The summed E-state index contributed by atoms with van der Waals surface area (Å²) in [4.78, 5) is 19.7. The van der Waals surface area contributed by atoms with Crippen LogP contribution in [0.4, 0.5) is 19.0 Å². The highest BCUT2D eigenvalue weighted by Gasteiger charge is 2.46. The molecule has 29 heavy (non-hydrogen) atoms. The number of anilines is 1. The van der Waals surface area contributed by atoms with Gasteiger partial charge in [0.25, 0.3) is 5.91 Å². The van der Waals surface area contributed by atoms with Gasteiger partial charge in [-0.2, -0.15) is 18.3 Å². The van der Waals surface area contributed by atoms with Crippen molar-refractivity contribution in [3.63, 3.8) is 0 Å². The van der Waals surface area contributed by atoms with E-state index in [1.54, 1.807) is 17.9 Å². The van der Waals surface area contributed by atoms with Crippen molar-refractivity contribution < 1.29 is 18.0 Å². The summed E-state index contributed by atoms with van der Waals surface area (Å²) < 4.78 is 42.0. The topological polar surface area (TPSA) is 63.1 Å². The molecule has 0 saturated carbocycles. The number of carbonyl (C=O) groups is 1. The Morgan fingerprint density at radius 1 is 1.38 bits per heavy atom. The smallest absolute Gasteiger partial charge is 0.367 e. The molecule has 0 radical (unpaired) electrons. The maximum atomic E-state index is 13.6. The molecule has 2 aliphatic heterocycles. The molecule has 3 atom stereocenters. The molecular formula is C19H24F3N5OS. The molecule has 158 valence electrons. The van der Waals surface area contributed by atoms with E-state index in [1.807, 2.05) is 13.8 Å². The zero-order valence-corrected chi connectivity index (χ0v) is 17.4. The Morgan fingerprint density at radius 2 is 2.14 bits per heavy atom. The van der Waals surface area contributed by atoms with Gasteiger partial charge < -0.3 is 10.2 Å². The van der Waals surface area contributed by atoms with Gasteiger partial charge in [-0.15, -0.1) is 11.3 Å². The molecule has 2 aromatic rings. The third kappa shape index (κ3) is 3.62. The monoisotopic (exact) mass is 427 g/mol. The lowest BCUT2D eigenvalue weighted by Gasteiger charge is -2.32. The number of nitrogens with zero attached hydrogens (tertiary/aromatic N) is 4. The normalized spacial score (nSPS) is 24.5. The molecule has 0 unspecified atom stereocenters. The predicted octanol–water partition coefficient (Wildman–Crippen LogP) is 4.63. The number of thiazole rings is 1. The van der Waals surface area contributed by atoms with Crippen LogP contribution < -0.4 is 5.32 Å². The molecule has 6 nitrogen and oxygen atoms in total. The molecule has 1 amide bonds. The Morgan fingerprint density at radius 3 is 2.76 bits per heavy atom. The third-order valence-corrected chi connectivity index (χ3v) is 6.79. The summed E-state index contributed by atoms with van der Waals surface area (Å²) in [5.74, 6) is 0.262. The summed E-state index contributed by atoms with van der Waals surface area (Å²) in [6, 6.07) is -0.530. The van der Waals surface area contributed by atoms with E-state index >= 15 is 0 Å².